The second-order valence-electron chi connectivity index (χ2n) is 6.03. The topological polar surface area (TPSA) is 52.6 Å². The molecule has 0 aromatic heterocycles. The molecule has 0 aliphatic carbocycles. The summed E-state index contributed by atoms with van der Waals surface area (Å²) >= 11 is 0. The number of aliphatic hydroxyl groups is 1. The van der Waals surface area contributed by atoms with Crippen LogP contribution in [0.3, 0.4) is 0 Å². The van der Waals surface area contributed by atoms with E-state index in [1.165, 1.54) is 12.1 Å². The predicted molar refractivity (Wildman–Crippen MR) is 79.9 cm³/mol. The van der Waals surface area contributed by atoms with Crippen molar-refractivity contribution in [2.75, 3.05) is 19.7 Å². The Labute approximate surface area is 133 Å². The summed E-state index contributed by atoms with van der Waals surface area (Å²) < 4.78 is 37.5. The lowest BCUT2D eigenvalue weighted by atomic mass is 10.1. The molecule has 1 heterocycles. The van der Waals surface area contributed by atoms with Gasteiger partial charge in [0.25, 0.3) is 0 Å². The van der Waals surface area contributed by atoms with E-state index in [-0.39, 0.29) is 24.6 Å². The van der Waals surface area contributed by atoms with Crippen molar-refractivity contribution >= 4 is 6.03 Å². The highest BCUT2D eigenvalue weighted by atomic mass is 19.4. The fourth-order valence-electron chi connectivity index (χ4n) is 2.70. The molecule has 2 atom stereocenters. The number of hydrogen-bond donors (Lipinski definition) is 2. The maximum absolute atomic E-state index is 12.5. The Morgan fingerprint density at radius 3 is 2.57 bits per heavy atom. The summed E-state index contributed by atoms with van der Waals surface area (Å²) in [5.41, 5.74) is 0.0607. The van der Waals surface area contributed by atoms with Crippen LogP contribution >= 0.6 is 0 Å². The van der Waals surface area contributed by atoms with Gasteiger partial charge in [-0.3, -0.25) is 0 Å². The summed E-state index contributed by atoms with van der Waals surface area (Å²) in [6.07, 6.45) is -3.09. The van der Waals surface area contributed by atoms with Crippen LogP contribution in [-0.4, -0.2) is 41.8 Å². The summed E-state index contributed by atoms with van der Waals surface area (Å²) in [4.78, 5) is 13.7. The van der Waals surface area contributed by atoms with Crippen molar-refractivity contribution in [3.63, 3.8) is 0 Å². The molecule has 0 radical (unpaired) electrons. The van der Waals surface area contributed by atoms with Gasteiger partial charge in [-0.1, -0.05) is 12.1 Å². The summed E-state index contributed by atoms with van der Waals surface area (Å²) in [7, 11) is 0. The van der Waals surface area contributed by atoms with Crippen molar-refractivity contribution in [3.8, 4) is 0 Å². The van der Waals surface area contributed by atoms with Gasteiger partial charge < -0.3 is 15.3 Å². The van der Waals surface area contributed by atoms with E-state index in [9.17, 15) is 18.0 Å². The van der Waals surface area contributed by atoms with Crippen LogP contribution in [-0.2, 0) is 12.6 Å². The summed E-state index contributed by atoms with van der Waals surface area (Å²) in [5, 5.41) is 11.9. The first-order valence-electron chi connectivity index (χ1n) is 7.62. The number of benzene rings is 1. The van der Waals surface area contributed by atoms with E-state index in [2.05, 4.69) is 5.32 Å². The summed E-state index contributed by atoms with van der Waals surface area (Å²) in [5.74, 6) is 0.131. The van der Waals surface area contributed by atoms with Crippen molar-refractivity contribution in [2.45, 2.75) is 32.0 Å². The third-order valence-electron chi connectivity index (χ3n) is 4.02. The van der Waals surface area contributed by atoms with Crippen LogP contribution in [0.1, 0.15) is 24.5 Å². The molecule has 0 saturated carbocycles. The molecule has 2 N–H and O–H groups in total. The Balaban J connectivity index is 1.85. The Bertz CT molecular complexity index is 531. The zero-order valence-electron chi connectivity index (χ0n) is 12.9. The predicted octanol–water partition coefficient (Wildman–Crippen LogP) is 2.66. The van der Waals surface area contributed by atoms with Gasteiger partial charge in [-0.2, -0.15) is 13.2 Å². The Hall–Kier alpha value is -1.76. The standard InChI is InChI=1S/C16H21F3N2O2/c1-11(20-15(23)21-7-6-13(9-21)10-22)8-12-2-4-14(5-3-12)16(17,18)19/h2-5,11,13,22H,6-10H2,1H3,(H,20,23). The largest absolute Gasteiger partial charge is 0.416 e. The Morgan fingerprint density at radius 2 is 2.04 bits per heavy atom. The minimum atomic E-state index is -4.34. The molecule has 23 heavy (non-hydrogen) atoms. The van der Waals surface area contributed by atoms with Gasteiger partial charge >= 0.3 is 12.2 Å². The molecule has 0 bridgehead atoms. The fourth-order valence-corrected chi connectivity index (χ4v) is 2.70. The number of rotatable bonds is 4. The van der Waals surface area contributed by atoms with Gasteiger partial charge in [-0.25, -0.2) is 4.79 Å². The van der Waals surface area contributed by atoms with Crippen LogP contribution in [0.4, 0.5) is 18.0 Å². The van der Waals surface area contributed by atoms with Crippen LogP contribution in [0.25, 0.3) is 0 Å². The molecule has 2 unspecified atom stereocenters. The molecule has 0 spiro atoms. The maximum Gasteiger partial charge on any atom is 0.416 e. The van der Waals surface area contributed by atoms with E-state index in [1.54, 1.807) is 4.90 Å². The van der Waals surface area contributed by atoms with E-state index in [1.807, 2.05) is 6.92 Å². The third kappa shape index (κ3) is 4.86. The number of hydrogen-bond acceptors (Lipinski definition) is 2. The van der Waals surface area contributed by atoms with Gasteiger partial charge in [0, 0.05) is 31.7 Å². The number of carbonyl (C=O) groups is 1. The van der Waals surface area contributed by atoms with E-state index < -0.39 is 11.7 Å². The monoisotopic (exact) mass is 330 g/mol. The van der Waals surface area contributed by atoms with Crippen LogP contribution in [0.15, 0.2) is 24.3 Å². The van der Waals surface area contributed by atoms with Gasteiger partial charge in [0.05, 0.1) is 5.56 Å². The molecule has 128 valence electrons. The van der Waals surface area contributed by atoms with E-state index in [4.69, 9.17) is 5.11 Å². The molecule has 1 saturated heterocycles. The van der Waals surface area contributed by atoms with E-state index >= 15 is 0 Å². The number of nitrogens with one attached hydrogen (secondary N) is 1. The van der Waals surface area contributed by atoms with Gasteiger partial charge in [0.1, 0.15) is 0 Å². The smallest absolute Gasteiger partial charge is 0.396 e. The zero-order valence-corrected chi connectivity index (χ0v) is 12.9. The number of halogens is 3. The average molecular weight is 330 g/mol. The minimum absolute atomic E-state index is 0.0743. The van der Waals surface area contributed by atoms with Crippen molar-refractivity contribution in [3.05, 3.63) is 35.4 Å². The number of aliphatic hydroxyl groups excluding tert-OH is 1. The van der Waals surface area contributed by atoms with Crippen molar-refractivity contribution < 1.29 is 23.1 Å². The average Bonchev–Trinajstić information content (AvgIpc) is 2.95. The van der Waals surface area contributed by atoms with Crippen LogP contribution in [0.5, 0.6) is 0 Å². The van der Waals surface area contributed by atoms with Gasteiger partial charge in [0.2, 0.25) is 0 Å². The van der Waals surface area contributed by atoms with Gasteiger partial charge in [-0.05, 0) is 37.5 Å². The lowest BCUT2D eigenvalue weighted by Gasteiger charge is -2.21. The lowest BCUT2D eigenvalue weighted by molar-refractivity contribution is -0.137. The number of urea groups is 1. The molecule has 1 aliphatic rings. The molecule has 4 nitrogen and oxygen atoms in total. The molecule has 1 aliphatic heterocycles. The third-order valence-corrected chi connectivity index (χ3v) is 4.02. The normalized spacial score (nSPS) is 19.7. The van der Waals surface area contributed by atoms with Gasteiger partial charge in [0.15, 0.2) is 0 Å². The SMILES string of the molecule is CC(Cc1ccc(C(F)(F)F)cc1)NC(=O)N1CCC(CO)C1. The minimum Gasteiger partial charge on any atom is -0.396 e. The van der Waals surface area contributed by atoms with Crippen LogP contribution < -0.4 is 5.32 Å². The molecule has 1 aromatic rings. The highest BCUT2D eigenvalue weighted by Gasteiger charge is 2.30. The number of nitrogens with zero attached hydrogens (tertiary/aromatic N) is 1. The molecule has 7 heteroatoms. The first kappa shape index (κ1) is 17.6. The quantitative estimate of drug-likeness (QED) is 0.892. The van der Waals surface area contributed by atoms with Crippen molar-refractivity contribution in [2.24, 2.45) is 5.92 Å². The Kier molecular flexibility index (Phi) is 5.51. The molecular weight excluding hydrogens is 309 g/mol. The number of alkyl halides is 3. The highest BCUT2D eigenvalue weighted by molar-refractivity contribution is 5.74. The zero-order chi connectivity index (χ0) is 17.0. The second kappa shape index (κ2) is 7.21. The van der Waals surface area contributed by atoms with Crippen molar-refractivity contribution in [1.82, 2.24) is 10.2 Å². The van der Waals surface area contributed by atoms with Crippen LogP contribution in [0.2, 0.25) is 0 Å². The number of likely N-dealkylation sites (tertiary alicyclic amines) is 1. The first-order chi connectivity index (χ1) is 10.8. The second-order valence-corrected chi connectivity index (χ2v) is 6.03. The molecule has 2 amide bonds. The molecule has 2 rings (SSSR count). The summed E-state index contributed by atoms with van der Waals surface area (Å²) in [6, 6.07) is 4.59. The number of carbonyl (C=O) groups excluding carboxylic acids is 1. The molecular formula is C16H21F3N2O2. The molecule has 1 aromatic carbocycles. The van der Waals surface area contributed by atoms with Gasteiger partial charge in [-0.15, -0.1) is 0 Å². The Morgan fingerprint density at radius 1 is 1.39 bits per heavy atom. The van der Waals surface area contributed by atoms with Crippen LogP contribution in [0, 0.1) is 5.92 Å². The number of amides is 2. The summed E-state index contributed by atoms with van der Waals surface area (Å²) in [6.45, 7) is 3.04. The lowest BCUT2D eigenvalue weighted by Crippen LogP contribution is -2.43. The van der Waals surface area contributed by atoms with Crippen molar-refractivity contribution in [1.29, 1.82) is 0 Å². The first-order valence-corrected chi connectivity index (χ1v) is 7.62. The van der Waals surface area contributed by atoms with E-state index in [0.29, 0.717) is 19.5 Å². The molecule has 1 fully saturated rings. The maximum atomic E-state index is 12.5. The fraction of sp³-hybridized carbons (Fsp3) is 0.562. The van der Waals surface area contributed by atoms with E-state index in [0.717, 1.165) is 24.1 Å². The highest BCUT2D eigenvalue weighted by Crippen LogP contribution is 2.29.